The third-order valence-corrected chi connectivity index (χ3v) is 5.12. The van der Waals surface area contributed by atoms with Crippen LogP contribution in [-0.2, 0) is 6.54 Å². The second-order valence-corrected chi connectivity index (χ2v) is 6.97. The zero-order valence-electron chi connectivity index (χ0n) is 13.1. The molecule has 2 aromatic carbocycles. The minimum Gasteiger partial charge on any atom is -0.348 e. The molecule has 0 aliphatic rings. The van der Waals surface area contributed by atoms with Gasteiger partial charge < -0.3 is 5.32 Å². The van der Waals surface area contributed by atoms with E-state index in [1.54, 1.807) is 0 Å². The summed E-state index contributed by atoms with van der Waals surface area (Å²) in [6.07, 6.45) is 0. The molecule has 0 saturated heterocycles. The first-order chi connectivity index (χ1) is 12.2. The topological polar surface area (TPSA) is 57.8 Å². The lowest BCUT2D eigenvalue weighted by atomic mass is 10.1. The summed E-state index contributed by atoms with van der Waals surface area (Å²) < 4.78 is 0. The molecule has 1 amide bonds. The molecule has 2 N–H and O–H groups in total. The summed E-state index contributed by atoms with van der Waals surface area (Å²) in [5.74, 6) is -0.0997. The Morgan fingerprint density at radius 2 is 1.96 bits per heavy atom. The van der Waals surface area contributed by atoms with Gasteiger partial charge in [-0.05, 0) is 29.8 Å². The Bertz CT molecular complexity index is 1040. The number of H-pyrrole nitrogens is 1. The number of hydrogen-bond donors (Lipinski definition) is 2. The van der Waals surface area contributed by atoms with Gasteiger partial charge in [0, 0.05) is 22.3 Å². The summed E-state index contributed by atoms with van der Waals surface area (Å²) in [5, 5.41) is 13.9. The van der Waals surface area contributed by atoms with Crippen LogP contribution in [0.25, 0.3) is 21.5 Å². The number of halogens is 1. The van der Waals surface area contributed by atoms with E-state index in [1.807, 2.05) is 60.0 Å². The first-order valence-corrected chi connectivity index (χ1v) is 9.01. The molecule has 0 atom stereocenters. The Labute approximate surface area is 153 Å². The zero-order valence-corrected chi connectivity index (χ0v) is 14.7. The average molecular weight is 368 g/mol. The van der Waals surface area contributed by atoms with Crippen LogP contribution in [0.15, 0.2) is 60.0 Å². The minimum atomic E-state index is -0.0997. The highest BCUT2D eigenvalue weighted by atomic mass is 35.5. The molecule has 0 radical (unpaired) electrons. The number of fused-ring (bicyclic) bond motifs is 1. The van der Waals surface area contributed by atoms with Crippen molar-refractivity contribution in [3.8, 4) is 10.6 Å². The van der Waals surface area contributed by atoms with Crippen LogP contribution in [0.2, 0.25) is 5.02 Å². The highest BCUT2D eigenvalue weighted by molar-refractivity contribution is 7.14. The number of thiophene rings is 1. The lowest BCUT2D eigenvalue weighted by molar-refractivity contribution is 0.0951. The van der Waals surface area contributed by atoms with Gasteiger partial charge >= 0.3 is 0 Å². The fraction of sp³-hybridized carbons (Fsp3) is 0.0526. The quantitative estimate of drug-likeness (QED) is 0.540. The van der Waals surface area contributed by atoms with Crippen molar-refractivity contribution in [2.45, 2.75) is 6.54 Å². The predicted octanol–water partition coefficient (Wildman–Crippen LogP) is 4.87. The van der Waals surface area contributed by atoms with Crippen molar-refractivity contribution in [2.24, 2.45) is 0 Å². The van der Waals surface area contributed by atoms with Crippen molar-refractivity contribution < 1.29 is 4.79 Å². The Kier molecular flexibility index (Phi) is 4.26. The van der Waals surface area contributed by atoms with Crippen LogP contribution in [0.1, 0.15) is 15.9 Å². The van der Waals surface area contributed by atoms with Crippen LogP contribution in [0, 0.1) is 0 Å². The molecule has 2 heterocycles. The van der Waals surface area contributed by atoms with Crippen molar-refractivity contribution in [1.29, 1.82) is 0 Å². The molecule has 6 heteroatoms. The van der Waals surface area contributed by atoms with E-state index in [0.717, 1.165) is 27.0 Å². The highest BCUT2D eigenvalue weighted by Gasteiger charge is 2.13. The molecule has 0 unspecified atom stereocenters. The molecule has 0 spiro atoms. The average Bonchev–Trinajstić information content (AvgIpc) is 3.27. The SMILES string of the molecule is O=C(NCc1ccc(Cl)cc1)c1csc(-c2n[nH]c3ccccc23)c1. The van der Waals surface area contributed by atoms with Gasteiger partial charge in [0.15, 0.2) is 0 Å². The number of carbonyl (C=O) groups is 1. The van der Waals surface area contributed by atoms with E-state index >= 15 is 0 Å². The number of para-hydroxylation sites is 1. The van der Waals surface area contributed by atoms with E-state index in [-0.39, 0.29) is 5.91 Å². The number of amides is 1. The number of aromatic nitrogens is 2. The van der Waals surface area contributed by atoms with Crippen molar-refractivity contribution in [1.82, 2.24) is 15.5 Å². The predicted molar refractivity (Wildman–Crippen MR) is 102 cm³/mol. The van der Waals surface area contributed by atoms with Gasteiger partial charge in [0.1, 0.15) is 5.69 Å². The van der Waals surface area contributed by atoms with Crippen molar-refractivity contribution in [3.63, 3.8) is 0 Å². The standard InChI is InChI=1S/C19H14ClN3OS/c20-14-7-5-12(6-8-14)10-21-19(24)13-9-17(25-11-13)18-15-3-1-2-4-16(15)22-23-18/h1-9,11H,10H2,(H,21,24)(H,22,23). The molecule has 2 aromatic heterocycles. The van der Waals surface area contributed by atoms with Gasteiger partial charge in [0.25, 0.3) is 5.91 Å². The Morgan fingerprint density at radius 3 is 2.80 bits per heavy atom. The monoisotopic (exact) mass is 367 g/mol. The zero-order chi connectivity index (χ0) is 17.2. The molecule has 0 aliphatic heterocycles. The first-order valence-electron chi connectivity index (χ1n) is 7.75. The number of rotatable bonds is 4. The maximum absolute atomic E-state index is 12.4. The van der Waals surface area contributed by atoms with Gasteiger partial charge in [0.2, 0.25) is 0 Å². The molecule has 0 saturated carbocycles. The van der Waals surface area contributed by atoms with Crippen molar-refractivity contribution in [3.05, 3.63) is 76.1 Å². The number of nitrogens with one attached hydrogen (secondary N) is 2. The number of hydrogen-bond acceptors (Lipinski definition) is 3. The lowest BCUT2D eigenvalue weighted by Crippen LogP contribution is -2.22. The normalized spacial score (nSPS) is 10.9. The van der Waals surface area contributed by atoms with Gasteiger partial charge in [-0.25, -0.2) is 0 Å². The minimum absolute atomic E-state index is 0.0997. The maximum atomic E-state index is 12.4. The van der Waals surface area contributed by atoms with Crippen LogP contribution < -0.4 is 5.32 Å². The molecule has 4 nitrogen and oxygen atoms in total. The largest absolute Gasteiger partial charge is 0.348 e. The Balaban J connectivity index is 1.50. The maximum Gasteiger partial charge on any atom is 0.252 e. The van der Waals surface area contributed by atoms with Crippen LogP contribution in [-0.4, -0.2) is 16.1 Å². The summed E-state index contributed by atoms with van der Waals surface area (Å²) in [4.78, 5) is 13.3. The Morgan fingerprint density at radius 1 is 1.16 bits per heavy atom. The second-order valence-electron chi connectivity index (χ2n) is 5.63. The van der Waals surface area contributed by atoms with Gasteiger partial charge in [0.05, 0.1) is 16.0 Å². The van der Waals surface area contributed by atoms with Crippen LogP contribution in [0.3, 0.4) is 0 Å². The van der Waals surface area contributed by atoms with E-state index in [1.165, 1.54) is 11.3 Å². The molecule has 4 rings (SSSR count). The van der Waals surface area contributed by atoms with Gasteiger partial charge in [-0.2, -0.15) is 5.10 Å². The van der Waals surface area contributed by atoms with E-state index in [9.17, 15) is 4.79 Å². The third-order valence-electron chi connectivity index (χ3n) is 3.93. The summed E-state index contributed by atoms with van der Waals surface area (Å²) in [5.41, 5.74) is 3.50. The molecule has 0 aliphatic carbocycles. The highest BCUT2D eigenvalue weighted by Crippen LogP contribution is 2.31. The van der Waals surface area contributed by atoms with Crippen LogP contribution >= 0.6 is 22.9 Å². The van der Waals surface area contributed by atoms with Crippen molar-refractivity contribution >= 4 is 39.7 Å². The number of nitrogens with zero attached hydrogens (tertiary/aromatic N) is 1. The molecule has 0 bridgehead atoms. The summed E-state index contributed by atoms with van der Waals surface area (Å²) in [7, 11) is 0. The van der Waals surface area contributed by atoms with E-state index < -0.39 is 0 Å². The number of carbonyl (C=O) groups excluding carboxylic acids is 1. The Hall–Kier alpha value is -2.63. The number of aromatic amines is 1. The second kappa shape index (κ2) is 6.70. The summed E-state index contributed by atoms with van der Waals surface area (Å²) >= 11 is 7.38. The lowest BCUT2D eigenvalue weighted by Gasteiger charge is -2.04. The molecule has 124 valence electrons. The van der Waals surface area contributed by atoms with Crippen LogP contribution in [0.4, 0.5) is 0 Å². The summed E-state index contributed by atoms with van der Waals surface area (Å²) in [6, 6.07) is 17.3. The fourth-order valence-corrected chi connectivity index (χ4v) is 3.63. The number of benzene rings is 2. The van der Waals surface area contributed by atoms with Crippen LogP contribution in [0.5, 0.6) is 0 Å². The van der Waals surface area contributed by atoms with Gasteiger partial charge in [-0.15, -0.1) is 11.3 Å². The van der Waals surface area contributed by atoms with Crippen molar-refractivity contribution in [2.75, 3.05) is 0 Å². The molecular weight excluding hydrogens is 354 g/mol. The molecule has 25 heavy (non-hydrogen) atoms. The molecular formula is C19H14ClN3OS. The first kappa shape index (κ1) is 15.9. The summed E-state index contributed by atoms with van der Waals surface area (Å²) in [6.45, 7) is 0.465. The molecule has 0 fully saturated rings. The fourth-order valence-electron chi connectivity index (χ4n) is 2.62. The van der Waals surface area contributed by atoms with E-state index in [4.69, 9.17) is 11.6 Å². The van der Waals surface area contributed by atoms with Gasteiger partial charge in [-0.1, -0.05) is 41.9 Å². The molecule has 4 aromatic rings. The third kappa shape index (κ3) is 3.29. The van der Waals surface area contributed by atoms with E-state index in [0.29, 0.717) is 17.1 Å². The van der Waals surface area contributed by atoms with Gasteiger partial charge in [-0.3, -0.25) is 9.89 Å². The van der Waals surface area contributed by atoms with E-state index in [2.05, 4.69) is 15.5 Å². The smallest absolute Gasteiger partial charge is 0.252 e.